The van der Waals surface area contributed by atoms with Gasteiger partial charge in [-0.3, -0.25) is 0 Å². The van der Waals surface area contributed by atoms with Crippen molar-refractivity contribution < 1.29 is 9.47 Å². The Balaban J connectivity index is 2.83. The standard InChI is InChI=1S/C12H16O2/c1-10(13-2)9-12(14-3)11-7-5-4-6-8-11/h4-9,12H,1-3H3. The number of allylic oxidation sites excluding steroid dienone is 1. The fourth-order valence-electron chi connectivity index (χ4n) is 1.22. The molecular weight excluding hydrogens is 176 g/mol. The fourth-order valence-corrected chi connectivity index (χ4v) is 1.22. The van der Waals surface area contributed by atoms with E-state index in [1.54, 1.807) is 14.2 Å². The van der Waals surface area contributed by atoms with Crippen LogP contribution in [0.4, 0.5) is 0 Å². The second-order valence-electron chi connectivity index (χ2n) is 3.05. The van der Waals surface area contributed by atoms with Gasteiger partial charge in [-0.15, -0.1) is 0 Å². The maximum absolute atomic E-state index is 5.35. The number of rotatable bonds is 4. The summed E-state index contributed by atoms with van der Waals surface area (Å²) in [4.78, 5) is 0. The molecule has 1 aromatic rings. The molecule has 1 unspecified atom stereocenters. The molecule has 2 nitrogen and oxygen atoms in total. The highest BCUT2D eigenvalue weighted by atomic mass is 16.5. The third-order valence-corrected chi connectivity index (χ3v) is 2.09. The molecule has 0 amide bonds. The molecule has 0 radical (unpaired) electrons. The molecule has 0 aromatic heterocycles. The van der Waals surface area contributed by atoms with Gasteiger partial charge in [0.15, 0.2) is 0 Å². The van der Waals surface area contributed by atoms with Crippen LogP contribution in [0.2, 0.25) is 0 Å². The molecule has 14 heavy (non-hydrogen) atoms. The number of benzene rings is 1. The van der Waals surface area contributed by atoms with E-state index in [1.807, 2.05) is 43.3 Å². The van der Waals surface area contributed by atoms with Gasteiger partial charge in [0.2, 0.25) is 0 Å². The smallest absolute Gasteiger partial charge is 0.104 e. The van der Waals surface area contributed by atoms with Gasteiger partial charge in [-0.25, -0.2) is 0 Å². The topological polar surface area (TPSA) is 18.5 Å². The molecular formula is C12H16O2. The first-order chi connectivity index (χ1) is 6.77. The Kier molecular flexibility index (Phi) is 4.20. The SMILES string of the molecule is COC(C)=CC(OC)c1ccccc1. The highest BCUT2D eigenvalue weighted by molar-refractivity contribution is 5.21. The lowest BCUT2D eigenvalue weighted by Crippen LogP contribution is -1.98. The minimum Gasteiger partial charge on any atom is -0.502 e. The summed E-state index contributed by atoms with van der Waals surface area (Å²) in [6, 6.07) is 10.1. The third kappa shape index (κ3) is 2.89. The first kappa shape index (κ1) is 10.8. The Morgan fingerprint density at radius 2 is 1.86 bits per heavy atom. The first-order valence-electron chi connectivity index (χ1n) is 4.58. The third-order valence-electron chi connectivity index (χ3n) is 2.09. The predicted molar refractivity (Wildman–Crippen MR) is 57.0 cm³/mol. The van der Waals surface area contributed by atoms with Crippen molar-refractivity contribution in [2.45, 2.75) is 13.0 Å². The Hall–Kier alpha value is -1.28. The van der Waals surface area contributed by atoms with Crippen LogP contribution in [0.3, 0.4) is 0 Å². The average molecular weight is 192 g/mol. The summed E-state index contributed by atoms with van der Waals surface area (Å²) in [6.45, 7) is 1.91. The van der Waals surface area contributed by atoms with Gasteiger partial charge in [-0.05, 0) is 18.6 Å². The van der Waals surface area contributed by atoms with E-state index in [9.17, 15) is 0 Å². The van der Waals surface area contributed by atoms with Crippen molar-refractivity contribution in [2.75, 3.05) is 14.2 Å². The molecule has 1 aromatic carbocycles. The summed E-state index contributed by atoms with van der Waals surface area (Å²) in [5.41, 5.74) is 1.13. The molecule has 0 saturated carbocycles. The van der Waals surface area contributed by atoms with Crippen molar-refractivity contribution in [1.82, 2.24) is 0 Å². The van der Waals surface area contributed by atoms with Crippen molar-refractivity contribution in [3.05, 3.63) is 47.7 Å². The molecule has 0 N–H and O–H groups in total. The van der Waals surface area contributed by atoms with Crippen LogP contribution >= 0.6 is 0 Å². The zero-order valence-corrected chi connectivity index (χ0v) is 8.86. The molecule has 0 saturated heterocycles. The Labute approximate surface area is 85.2 Å². The van der Waals surface area contributed by atoms with Gasteiger partial charge in [0.25, 0.3) is 0 Å². The van der Waals surface area contributed by atoms with Crippen LogP contribution in [0, 0.1) is 0 Å². The van der Waals surface area contributed by atoms with Crippen molar-refractivity contribution in [2.24, 2.45) is 0 Å². The van der Waals surface area contributed by atoms with Gasteiger partial charge in [-0.2, -0.15) is 0 Å². The molecule has 76 valence electrons. The number of hydrogen-bond donors (Lipinski definition) is 0. The highest BCUT2D eigenvalue weighted by Crippen LogP contribution is 2.19. The number of hydrogen-bond acceptors (Lipinski definition) is 2. The van der Waals surface area contributed by atoms with Crippen LogP contribution < -0.4 is 0 Å². The predicted octanol–water partition coefficient (Wildman–Crippen LogP) is 2.92. The maximum atomic E-state index is 5.35. The molecule has 0 aliphatic carbocycles. The van der Waals surface area contributed by atoms with E-state index >= 15 is 0 Å². The monoisotopic (exact) mass is 192 g/mol. The van der Waals surface area contributed by atoms with E-state index in [4.69, 9.17) is 9.47 Å². The first-order valence-corrected chi connectivity index (χ1v) is 4.58. The Bertz CT molecular complexity index is 290. The van der Waals surface area contributed by atoms with Gasteiger partial charge >= 0.3 is 0 Å². The van der Waals surface area contributed by atoms with Crippen LogP contribution in [0.25, 0.3) is 0 Å². The van der Waals surface area contributed by atoms with Crippen molar-refractivity contribution in [3.63, 3.8) is 0 Å². The lowest BCUT2D eigenvalue weighted by atomic mass is 10.1. The molecule has 0 spiro atoms. The summed E-state index contributed by atoms with van der Waals surface area (Å²) in [5, 5.41) is 0. The van der Waals surface area contributed by atoms with E-state index in [1.165, 1.54) is 0 Å². The maximum Gasteiger partial charge on any atom is 0.104 e. The minimum atomic E-state index is -0.0313. The van der Waals surface area contributed by atoms with Crippen molar-refractivity contribution in [3.8, 4) is 0 Å². The van der Waals surface area contributed by atoms with Crippen LogP contribution in [0.5, 0.6) is 0 Å². The van der Waals surface area contributed by atoms with E-state index < -0.39 is 0 Å². The summed E-state index contributed by atoms with van der Waals surface area (Å²) in [7, 11) is 3.35. The quantitative estimate of drug-likeness (QED) is 0.683. The zero-order chi connectivity index (χ0) is 10.4. The number of methoxy groups -OCH3 is 2. The number of ether oxygens (including phenoxy) is 2. The van der Waals surface area contributed by atoms with Crippen molar-refractivity contribution >= 4 is 0 Å². The highest BCUT2D eigenvalue weighted by Gasteiger charge is 2.06. The molecule has 0 bridgehead atoms. The van der Waals surface area contributed by atoms with E-state index in [0.29, 0.717) is 0 Å². The van der Waals surface area contributed by atoms with Crippen LogP contribution in [0.1, 0.15) is 18.6 Å². The summed E-state index contributed by atoms with van der Waals surface area (Å²) in [6.07, 6.45) is 1.92. The minimum absolute atomic E-state index is 0.0313. The van der Waals surface area contributed by atoms with Crippen molar-refractivity contribution in [1.29, 1.82) is 0 Å². The fraction of sp³-hybridized carbons (Fsp3) is 0.333. The second-order valence-corrected chi connectivity index (χ2v) is 3.05. The van der Waals surface area contributed by atoms with Gasteiger partial charge < -0.3 is 9.47 Å². The molecule has 1 rings (SSSR count). The molecule has 1 atom stereocenters. The summed E-state index contributed by atoms with van der Waals surface area (Å²) >= 11 is 0. The molecule has 0 heterocycles. The normalized spacial score (nSPS) is 13.8. The zero-order valence-electron chi connectivity index (χ0n) is 8.86. The van der Waals surface area contributed by atoms with Crippen LogP contribution in [-0.2, 0) is 9.47 Å². The van der Waals surface area contributed by atoms with Gasteiger partial charge in [0.05, 0.1) is 12.9 Å². The van der Waals surface area contributed by atoms with E-state index in [2.05, 4.69) is 0 Å². The second kappa shape index (κ2) is 5.45. The lowest BCUT2D eigenvalue weighted by Gasteiger charge is -2.12. The summed E-state index contributed by atoms with van der Waals surface area (Å²) in [5.74, 6) is 0.862. The Morgan fingerprint density at radius 3 is 2.36 bits per heavy atom. The summed E-state index contributed by atoms with van der Waals surface area (Å²) < 4.78 is 10.4. The van der Waals surface area contributed by atoms with Gasteiger partial charge in [0, 0.05) is 7.11 Å². The van der Waals surface area contributed by atoms with E-state index in [0.717, 1.165) is 11.3 Å². The van der Waals surface area contributed by atoms with Crippen LogP contribution in [0.15, 0.2) is 42.2 Å². The lowest BCUT2D eigenvalue weighted by molar-refractivity contribution is 0.137. The molecule has 0 aliphatic heterocycles. The molecule has 0 fully saturated rings. The van der Waals surface area contributed by atoms with Gasteiger partial charge in [-0.1, -0.05) is 30.3 Å². The van der Waals surface area contributed by atoms with Crippen LogP contribution in [-0.4, -0.2) is 14.2 Å². The molecule has 2 heteroatoms. The largest absolute Gasteiger partial charge is 0.502 e. The average Bonchev–Trinajstić information content (AvgIpc) is 2.26. The van der Waals surface area contributed by atoms with E-state index in [-0.39, 0.29) is 6.10 Å². The van der Waals surface area contributed by atoms with Gasteiger partial charge in [0.1, 0.15) is 6.10 Å². The molecule has 0 aliphatic rings. The Morgan fingerprint density at radius 1 is 1.21 bits per heavy atom.